The zero-order valence-corrected chi connectivity index (χ0v) is 14.6. The number of rotatable bonds is 9. The van der Waals surface area contributed by atoms with Crippen LogP contribution in [0.25, 0.3) is 0 Å². The van der Waals surface area contributed by atoms with Crippen molar-refractivity contribution in [2.45, 2.75) is 38.2 Å². The van der Waals surface area contributed by atoms with E-state index >= 15 is 0 Å². The topological polar surface area (TPSA) is 52.6 Å². The van der Waals surface area contributed by atoms with Gasteiger partial charge in [-0.15, -0.1) is 0 Å². The van der Waals surface area contributed by atoms with E-state index in [1.807, 2.05) is 62.4 Å². The van der Waals surface area contributed by atoms with E-state index in [-0.39, 0.29) is 12.5 Å². The van der Waals surface area contributed by atoms with E-state index in [9.17, 15) is 9.59 Å². The lowest BCUT2D eigenvalue weighted by atomic mass is 9.75. The minimum atomic E-state index is -1.56. The van der Waals surface area contributed by atoms with Gasteiger partial charge in [0.1, 0.15) is 0 Å². The van der Waals surface area contributed by atoms with Gasteiger partial charge in [-0.2, -0.15) is 0 Å². The van der Waals surface area contributed by atoms with Crippen LogP contribution in [0.15, 0.2) is 60.7 Å². The Balaban J connectivity index is 2.63. The second kappa shape index (κ2) is 9.02. The summed E-state index contributed by atoms with van der Waals surface area (Å²) in [7, 11) is 0. The Kier molecular flexibility index (Phi) is 6.75. The molecule has 0 heterocycles. The largest absolute Gasteiger partial charge is 0.462 e. The van der Waals surface area contributed by atoms with E-state index in [0.29, 0.717) is 18.4 Å². The molecule has 0 aromatic heterocycles. The van der Waals surface area contributed by atoms with E-state index in [1.165, 1.54) is 6.47 Å². The fraction of sp³-hybridized carbons (Fsp3) is 0.333. The molecule has 4 heteroatoms. The Morgan fingerprint density at radius 2 is 1.64 bits per heavy atom. The van der Waals surface area contributed by atoms with Gasteiger partial charge in [-0.25, -0.2) is 9.59 Å². The molecule has 0 spiro atoms. The lowest BCUT2D eigenvalue weighted by Crippen LogP contribution is -2.45. The molecule has 1 radical (unpaired) electrons. The summed E-state index contributed by atoms with van der Waals surface area (Å²) in [5, 5.41) is 0. The molecule has 0 aliphatic rings. The van der Waals surface area contributed by atoms with Crippen LogP contribution in [0.1, 0.15) is 43.7 Å². The Labute approximate surface area is 148 Å². The van der Waals surface area contributed by atoms with Crippen molar-refractivity contribution in [1.82, 2.24) is 0 Å². The van der Waals surface area contributed by atoms with E-state index in [2.05, 4.69) is 0 Å². The highest BCUT2D eigenvalue weighted by molar-refractivity contribution is 5.84. The molecular weight excluding hydrogens is 316 g/mol. The summed E-state index contributed by atoms with van der Waals surface area (Å²) in [6.07, 6.45) is 1.27. The maximum absolute atomic E-state index is 13.1. The van der Waals surface area contributed by atoms with Gasteiger partial charge in [-0.3, -0.25) is 0 Å². The van der Waals surface area contributed by atoms with Crippen molar-refractivity contribution in [2.75, 3.05) is 6.61 Å². The standard InChI is InChI=1S/C21H23O4/c1-3-15-24-20(23)21(25-16-22,18-13-9-6-10-14-18)19(4-2)17-11-7-5-8-12-17/h5-14,19H,3-4,15H2,1-2H3. The van der Waals surface area contributed by atoms with E-state index < -0.39 is 11.6 Å². The molecule has 0 aliphatic carbocycles. The average Bonchev–Trinajstić information content (AvgIpc) is 2.67. The molecule has 0 aliphatic heterocycles. The third kappa shape index (κ3) is 3.90. The van der Waals surface area contributed by atoms with Crippen LogP contribution < -0.4 is 0 Å². The van der Waals surface area contributed by atoms with Crippen LogP contribution in [0.3, 0.4) is 0 Å². The predicted octanol–water partition coefficient (Wildman–Crippen LogP) is 4.11. The van der Waals surface area contributed by atoms with Gasteiger partial charge in [0.2, 0.25) is 5.60 Å². The van der Waals surface area contributed by atoms with Gasteiger partial charge in [-0.1, -0.05) is 74.5 Å². The predicted molar refractivity (Wildman–Crippen MR) is 95.6 cm³/mol. The van der Waals surface area contributed by atoms with Crippen molar-refractivity contribution in [1.29, 1.82) is 0 Å². The molecule has 2 aromatic rings. The fourth-order valence-electron chi connectivity index (χ4n) is 3.13. The van der Waals surface area contributed by atoms with Gasteiger partial charge in [-0.05, 0) is 18.4 Å². The molecule has 2 rings (SSSR count). The molecular formula is C21H23O4. The first-order chi connectivity index (χ1) is 12.2. The third-order valence-corrected chi connectivity index (χ3v) is 4.25. The molecule has 2 aromatic carbocycles. The van der Waals surface area contributed by atoms with Gasteiger partial charge in [0.05, 0.1) is 6.61 Å². The monoisotopic (exact) mass is 339 g/mol. The third-order valence-electron chi connectivity index (χ3n) is 4.25. The second-order valence-corrected chi connectivity index (χ2v) is 5.79. The van der Waals surface area contributed by atoms with E-state index in [1.54, 1.807) is 12.1 Å². The molecule has 25 heavy (non-hydrogen) atoms. The SMILES string of the molecule is CCCOC(=O)C(O[C]=O)(c1ccccc1)C(CC)c1ccccc1. The number of hydrogen-bond acceptors (Lipinski definition) is 4. The average molecular weight is 339 g/mol. The summed E-state index contributed by atoms with van der Waals surface area (Å²) < 4.78 is 10.8. The lowest BCUT2D eigenvalue weighted by molar-refractivity contribution is -0.168. The summed E-state index contributed by atoms with van der Waals surface area (Å²) >= 11 is 0. The molecule has 131 valence electrons. The number of carbonyl (C=O) groups excluding carboxylic acids is 2. The molecule has 0 amide bonds. The molecule has 0 N–H and O–H groups in total. The maximum Gasteiger partial charge on any atom is 0.419 e. The molecule has 4 nitrogen and oxygen atoms in total. The number of esters is 1. The van der Waals surface area contributed by atoms with Crippen LogP contribution >= 0.6 is 0 Å². The second-order valence-electron chi connectivity index (χ2n) is 5.79. The molecule has 2 atom stereocenters. The summed E-state index contributed by atoms with van der Waals surface area (Å²) in [5.41, 5.74) is -0.0819. The Morgan fingerprint density at radius 3 is 2.16 bits per heavy atom. The van der Waals surface area contributed by atoms with Crippen LogP contribution in [0.2, 0.25) is 0 Å². The Bertz CT molecular complexity index is 669. The van der Waals surface area contributed by atoms with Crippen molar-refractivity contribution in [2.24, 2.45) is 0 Å². The van der Waals surface area contributed by atoms with Crippen molar-refractivity contribution in [3.05, 3.63) is 71.8 Å². The normalized spacial score (nSPS) is 14.2. The maximum atomic E-state index is 13.1. The Morgan fingerprint density at radius 1 is 1.04 bits per heavy atom. The van der Waals surface area contributed by atoms with Crippen molar-refractivity contribution in [3.8, 4) is 0 Å². The van der Waals surface area contributed by atoms with Gasteiger partial charge in [0, 0.05) is 11.5 Å². The minimum Gasteiger partial charge on any atom is -0.462 e. The zero-order valence-electron chi connectivity index (χ0n) is 14.6. The van der Waals surface area contributed by atoms with Gasteiger partial charge in [0.15, 0.2) is 0 Å². The summed E-state index contributed by atoms with van der Waals surface area (Å²) in [5.74, 6) is -0.957. The minimum absolute atomic E-state index is 0.265. The van der Waals surface area contributed by atoms with Crippen LogP contribution in [-0.2, 0) is 24.7 Å². The summed E-state index contributed by atoms with van der Waals surface area (Å²) in [4.78, 5) is 24.3. The molecule has 2 unspecified atom stereocenters. The number of hydrogen-bond donors (Lipinski definition) is 0. The van der Waals surface area contributed by atoms with E-state index in [0.717, 1.165) is 5.56 Å². The Hall–Kier alpha value is -2.62. The van der Waals surface area contributed by atoms with Crippen LogP contribution in [0, 0.1) is 0 Å². The molecule has 0 fully saturated rings. The number of ether oxygens (including phenoxy) is 2. The lowest BCUT2D eigenvalue weighted by Gasteiger charge is -2.36. The smallest absolute Gasteiger partial charge is 0.419 e. The number of benzene rings is 2. The first kappa shape index (κ1) is 18.7. The zero-order chi connectivity index (χ0) is 18.1. The number of carbonyl (C=O) groups is 1. The van der Waals surface area contributed by atoms with Crippen molar-refractivity contribution >= 4 is 12.4 Å². The van der Waals surface area contributed by atoms with Gasteiger partial charge in [0.25, 0.3) is 0 Å². The van der Waals surface area contributed by atoms with Crippen LogP contribution in [-0.4, -0.2) is 19.0 Å². The highest BCUT2D eigenvalue weighted by Gasteiger charge is 2.51. The summed E-state index contributed by atoms with van der Waals surface area (Å²) in [6.45, 7) is 5.63. The molecule has 0 saturated heterocycles. The van der Waals surface area contributed by atoms with Crippen LogP contribution in [0.4, 0.5) is 0 Å². The highest BCUT2D eigenvalue weighted by Crippen LogP contribution is 2.43. The first-order valence-corrected chi connectivity index (χ1v) is 8.53. The van der Waals surface area contributed by atoms with Crippen molar-refractivity contribution < 1.29 is 19.1 Å². The molecule has 0 saturated carbocycles. The van der Waals surface area contributed by atoms with Crippen molar-refractivity contribution in [3.63, 3.8) is 0 Å². The highest BCUT2D eigenvalue weighted by atomic mass is 16.6. The van der Waals surface area contributed by atoms with Gasteiger partial charge < -0.3 is 9.47 Å². The van der Waals surface area contributed by atoms with Gasteiger partial charge >= 0.3 is 12.4 Å². The quantitative estimate of drug-likeness (QED) is 0.645. The molecule has 0 bridgehead atoms. The van der Waals surface area contributed by atoms with Crippen LogP contribution in [0.5, 0.6) is 0 Å². The first-order valence-electron chi connectivity index (χ1n) is 8.53. The fourth-order valence-corrected chi connectivity index (χ4v) is 3.13. The summed E-state index contributed by atoms with van der Waals surface area (Å²) in [6, 6.07) is 18.6. The van der Waals surface area contributed by atoms with E-state index in [4.69, 9.17) is 9.47 Å².